The number of carbonyl (C=O) groups excluding carboxylic acids is 4. The van der Waals surface area contributed by atoms with Crippen molar-refractivity contribution in [2.24, 2.45) is 40.4 Å². The van der Waals surface area contributed by atoms with Gasteiger partial charge in [0.1, 0.15) is 12.2 Å². The van der Waals surface area contributed by atoms with E-state index in [0.29, 0.717) is 5.57 Å². The lowest BCUT2D eigenvalue weighted by Gasteiger charge is -2.66. The van der Waals surface area contributed by atoms with Crippen molar-refractivity contribution in [1.82, 2.24) is 0 Å². The Hall–Kier alpha value is -2.76. The molecule has 39 heavy (non-hydrogen) atoms. The molecule has 11 nitrogen and oxygen atoms in total. The molecule has 2 aliphatic heterocycles. The van der Waals surface area contributed by atoms with Gasteiger partial charge in [0.2, 0.25) is 17.5 Å². The smallest absolute Gasteiger partial charge is 0.348 e. The minimum absolute atomic E-state index is 0.0195. The van der Waals surface area contributed by atoms with Gasteiger partial charge in [0.05, 0.1) is 25.7 Å². The predicted molar refractivity (Wildman–Crippen MR) is 132 cm³/mol. The zero-order chi connectivity index (χ0) is 28.8. The van der Waals surface area contributed by atoms with Crippen LogP contribution in [0.2, 0.25) is 0 Å². The van der Waals surface area contributed by atoms with E-state index in [-0.39, 0.29) is 24.9 Å². The molecule has 1 spiro atoms. The molecule has 0 aromatic carbocycles. The standard InChI is InChI=1S/C28H36O11/c1-11(2)12(3)8-17(30)39-19-21-27-10-37-28(21,25(35)36-6)23(33)18(31)20(27)26(5)14(9-16(27)38-24(19)34)13(4)7-15(29)22(26)32/h7-8,11,13-14,16,18-21,23,29,31,33H,9-10H2,1-6H3/b12-8+/t13-,14+,16-,18-,19-,20-,21-,23+,26+,27-,28-/m1/s1. The first kappa shape index (κ1) is 27.8. The maximum atomic E-state index is 13.7. The van der Waals surface area contributed by atoms with Crippen molar-refractivity contribution in [3.05, 3.63) is 23.5 Å². The molecule has 0 unspecified atom stereocenters. The van der Waals surface area contributed by atoms with Crippen LogP contribution in [0.4, 0.5) is 0 Å². The normalized spacial score (nSPS) is 46.6. The van der Waals surface area contributed by atoms with Crippen LogP contribution >= 0.6 is 0 Å². The van der Waals surface area contributed by atoms with Crippen LogP contribution in [0.3, 0.4) is 0 Å². The van der Waals surface area contributed by atoms with Gasteiger partial charge in [-0.25, -0.2) is 14.4 Å². The van der Waals surface area contributed by atoms with E-state index in [1.54, 1.807) is 13.8 Å². The monoisotopic (exact) mass is 548 g/mol. The van der Waals surface area contributed by atoms with E-state index >= 15 is 0 Å². The van der Waals surface area contributed by atoms with Crippen molar-refractivity contribution >= 4 is 23.7 Å². The van der Waals surface area contributed by atoms with Gasteiger partial charge in [-0.2, -0.15) is 0 Å². The number of hydrogen-bond acceptors (Lipinski definition) is 11. The number of Topliss-reactive ketones (excluding diaryl/α,β-unsaturated/α-hetero) is 1. The van der Waals surface area contributed by atoms with E-state index in [1.807, 2.05) is 20.8 Å². The highest BCUT2D eigenvalue weighted by molar-refractivity contribution is 6.00. The second-order valence-electron chi connectivity index (χ2n) is 12.3. The van der Waals surface area contributed by atoms with Crippen LogP contribution in [0.25, 0.3) is 0 Å². The van der Waals surface area contributed by atoms with E-state index in [2.05, 4.69) is 0 Å². The number of fused-ring (bicyclic) bond motifs is 2. The molecule has 3 aliphatic carbocycles. The molecule has 5 rings (SSSR count). The molecule has 2 saturated carbocycles. The van der Waals surface area contributed by atoms with Gasteiger partial charge >= 0.3 is 17.9 Å². The summed E-state index contributed by atoms with van der Waals surface area (Å²) in [6.07, 6.45) is -3.41. The van der Waals surface area contributed by atoms with Gasteiger partial charge in [-0.1, -0.05) is 33.3 Å². The third-order valence-electron chi connectivity index (χ3n) is 10.3. The van der Waals surface area contributed by atoms with Gasteiger partial charge in [0, 0.05) is 22.8 Å². The molecular formula is C28H36O11. The van der Waals surface area contributed by atoms with Gasteiger partial charge in [-0.3, -0.25) is 4.79 Å². The molecule has 0 aromatic rings. The van der Waals surface area contributed by atoms with Crippen LogP contribution in [-0.2, 0) is 38.1 Å². The van der Waals surface area contributed by atoms with E-state index in [1.165, 1.54) is 12.2 Å². The number of allylic oxidation sites excluding steroid dienone is 3. The Morgan fingerprint density at radius 3 is 2.49 bits per heavy atom. The number of aliphatic hydroxyl groups is 3. The van der Waals surface area contributed by atoms with Gasteiger partial charge in [0.15, 0.2) is 5.76 Å². The number of hydrogen-bond donors (Lipinski definition) is 3. The molecular weight excluding hydrogens is 512 g/mol. The third kappa shape index (κ3) is 3.32. The van der Waals surface area contributed by atoms with Gasteiger partial charge in [-0.15, -0.1) is 0 Å². The highest BCUT2D eigenvalue weighted by Gasteiger charge is 2.85. The molecule has 2 bridgehead atoms. The van der Waals surface area contributed by atoms with Crippen LogP contribution in [0, 0.1) is 40.4 Å². The van der Waals surface area contributed by atoms with Gasteiger partial charge in [-0.05, 0) is 37.2 Å². The van der Waals surface area contributed by atoms with E-state index in [9.17, 15) is 34.5 Å². The summed E-state index contributed by atoms with van der Waals surface area (Å²) in [5.74, 6) is -7.13. The number of ketones is 1. The average molecular weight is 549 g/mol. The van der Waals surface area contributed by atoms with Crippen molar-refractivity contribution in [3.63, 3.8) is 0 Å². The molecule has 0 radical (unpaired) electrons. The molecule has 214 valence electrons. The highest BCUT2D eigenvalue weighted by atomic mass is 16.6. The van der Waals surface area contributed by atoms with Crippen molar-refractivity contribution in [1.29, 1.82) is 0 Å². The Balaban J connectivity index is 1.72. The summed E-state index contributed by atoms with van der Waals surface area (Å²) >= 11 is 0. The summed E-state index contributed by atoms with van der Waals surface area (Å²) in [6, 6.07) is 0. The number of aliphatic hydroxyl groups excluding tert-OH is 3. The summed E-state index contributed by atoms with van der Waals surface area (Å²) in [6.45, 7) is 8.65. The summed E-state index contributed by atoms with van der Waals surface area (Å²) in [5, 5.41) is 33.8. The maximum absolute atomic E-state index is 13.7. The van der Waals surface area contributed by atoms with E-state index < -0.39 is 88.1 Å². The fourth-order valence-electron chi connectivity index (χ4n) is 8.35. The lowest BCUT2D eigenvalue weighted by molar-refractivity contribution is -0.289. The molecule has 3 N–H and O–H groups in total. The Labute approximate surface area is 226 Å². The SMILES string of the molecule is COC(=O)[C@]12OC[C@]34[C@H]([C@@H](O)[C@@H]1O)[C@@]1(C)C(=O)C(O)=C[C@@H](C)[C@@H]1C[C@H]3OC(=O)[C@H](OC(=O)/C=C(\C)C(C)C)[C@@H]24. The Kier molecular flexibility index (Phi) is 6.32. The summed E-state index contributed by atoms with van der Waals surface area (Å²) < 4.78 is 22.6. The minimum Gasteiger partial charge on any atom is -0.505 e. The molecule has 5 aliphatic rings. The first-order valence-electron chi connectivity index (χ1n) is 13.3. The Morgan fingerprint density at radius 1 is 1.21 bits per heavy atom. The average Bonchev–Trinajstić information content (AvgIpc) is 3.18. The second kappa shape index (κ2) is 8.87. The summed E-state index contributed by atoms with van der Waals surface area (Å²) in [4.78, 5) is 53.5. The largest absolute Gasteiger partial charge is 0.505 e. The van der Waals surface area contributed by atoms with Crippen LogP contribution in [0.5, 0.6) is 0 Å². The number of methoxy groups -OCH3 is 1. The zero-order valence-corrected chi connectivity index (χ0v) is 22.9. The third-order valence-corrected chi connectivity index (χ3v) is 10.3. The molecule has 2 saturated heterocycles. The molecule has 4 fully saturated rings. The topological polar surface area (TPSA) is 166 Å². The molecule has 0 aromatic heterocycles. The lowest BCUT2D eigenvalue weighted by atomic mass is 9.37. The first-order valence-corrected chi connectivity index (χ1v) is 13.3. The van der Waals surface area contributed by atoms with Crippen molar-refractivity contribution in [3.8, 4) is 0 Å². The molecule has 2 heterocycles. The summed E-state index contributed by atoms with van der Waals surface area (Å²) in [5.41, 5.74) is -4.42. The van der Waals surface area contributed by atoms with E-state index in [0.717, 1.165) is 7.11 Å². The van der Waals surface area contributed by atoms with E-state index in [4.69, 9.17) is 18.9 Å². The van der Waals surface area contributed by atoms with Crippen molar-refractivity contribution in [2.75, 3.05) is 13.7 Å². The number of carbonyl (C=O) groups is 4. The van der Waals surface area contributed by atoms with Crippen molar-refractivity contribution < 1.29 is 53.4 Å². The minimum atomic E-state index is -2.27. The van der Waals surface area contributed by atoms with Crippen molar-refractivity contribution in [2.45, 2.75) is 71.1 Å². The van der Waals surface area contributed by atoms with Crippen LogP contribution < -0.4 is 0 Å². The molecule has 0 amide bonds. The van der Waals surface area contributed by atoms with Gasteiger partial charge in [0.25, 0.3) is 0 Å². The Bertz CT molecular complexity index is 1190. The van der Waals surface area contributed by atoms with Crippen LogP contribution in [-0.4, -0.2) is 82.7 Å². The molecule has 11 atom stereocenters. The number of rotatable bonds is 4. The number of ether oxygens (including phenoxy) is 4. The first-order chi connectivity index (χ1) is 18.2. The molecule has 11 heteroatoms. The second-order valence-corrected chi connectivity index (χ2v) is 12.3. The predicted octanol–water partition coefficient (Wildman–Crippen LogP) is 1.01. The van der Waals surface area contributed by atoms with Crippen LogP contribution in [0.15, 0.2) is 23.5 Å². The maximum Gasteiger partial charge on any atom is 0.348 e. The quantitative estimate of drug-likeness (QED) is 0.261. The fourth-order valence-corrected chi connectivity index (χ4v) is 8.35. The number of esters is 3. The fraction of sp³-hybridized carbons (Fsp3) is 0.714. The van der Waals surface area contributed by atoms with Crippen LogP contribution in [0.1, 0.15) is 41.0 Å². The lowest BCUT2D eigenvalue weighted by Crippen LogP contribution is -2.80. The zero-order valence-electron chi connectivity index (χ0n) is 22.9. The van der Waals surface area contributed by atoms with Gasteiger partial charge < -0.3 is 34.3 Å². The highest BCUT2D eigenvalue weighted by Crippen LogP contribution is 2.72. The Morgan fingerprint density at radius 2 is 1.87 bits per heavy atom. The summed E-state index contributed by atoms with van der Waals surface area (Å²) in [7, 11) is 1.08.